The highest BCUT2D eigenvalue weighted by molar-refractivity contribution is 5.76. The Hall–Kier alpha value is -3.54. The molecule has 2 aromatic carbocycles. The standard InChI is InChI=1S/C32H37N3O3/c1-20-17-26(35(19-20)30(37)38-31(2,3)4)29-33-18-25(34-29)22-9-7-21(8-10-22)23-11-12-27(36)24-13-16-32(28(23)24)14-5-6-15-32/h7-12,17-18,26,36H,5-6,13-16,19H2,1-4H3,(H,33,34)/t26-/m0/s1. The third-order valence-corrected chi connectivity index (χ3v) is 8.44. The number of imidazole rings is 1. The van der Waals surface area contributed by atoms with Crippen molar-refractivity contribution in [3.8, 4) is 28.1 Å². The minimum Gasteiger partial charge on any atom is -0.508 e. The molecule has 1 saturated carbocycles. The van der Waals surface area contributed by atoms with Crippen LogP contribution in [0.3, 0.4) is 0 Å². The predicted octanol–water partition coefficient (Wildman–Crippen LogP) is 7.45. The van der Waals surface area contributed by atoms with E-state index in [-0.39, 0.29) is 17.6 Å². The smallest absolute Gasteiger partial charge is 0.411 e. The number of hydrogen-bond donors (Lipinski definition) is 2. The molecule has 1 aliphatic heterocycles. The fourth-order valence-corrected chi connectivity index (χ4v) is 6.74. The fourth-order valence-electron chi connectivity index (χ4n) is 6.74. The largest absolute Gasteiger partial charge is 0.508 e. The third kappa shape index (κ3) is 4.30. The Balaban J connectivity index is 1.27. The molecule has 6 rings (SSSR count). The van der Waals surface area contributed by atoms with Crippen LogP contribution in [0.4, 0.5) is 4.79 Å². The van der Waals surface area contributed by atoms with Crippen LogP contribution in [0.15, 0.2) is 54.2 Å². The number of amides is 1. The lowest BCUT2D eigenvalue weighted by atomic mass is 9.77. The average molecular weight is 512 g/mol. The lowest BCUT2D eigenvalue weighted by molar-refractivity contribution is 0.0232. The first-order chi connectivity index (χ1) is 18.1. The summed E-state index contributed by atoms with van der Waals surface area (Å²) >= 11 is 0. The van der Waals surface area contributed by atoms with E-state index in [1.54, 1.807) is 4.90 Å². The van der Waals surface area contributed by atoms with Crippen LogP contribution in [-0.4, -0.2) is 38.2 Å². The van der Waals surface area contributed by atoms with E-state index in [1.165, 1.54) is 42.4 Å². The molecule has 38 heavy (non-hydrogen) atoms. The molecule has 2 N–H and O–H groups in total. The van der Waals surface area contributed by atoms with Crippen LogP contribution in [0.1, 0.15) is 82.8 Å². The van der Waals surface area contributed by atoms with Crippen molar-refractivity contribution in [2.45, 2.75) is 83.3 Å². The topological polar surface area (TPSA) is 78.5 Å². The van der Waals surface area contributed by atoms with Crippen LogP contribution in [0.25, 0.3) is 22.4 Å². The van der Waals surface area contributed by atoms with Crippen molar-refractivity contribution in [3.05, 3.63) is 71.2 Å². The molecule has 3 aromatic rings. The van der Waals surface area contributed by atoms with Gasteiger partial charge in [-0.25, -0.2) is 9.78 Å². The molecule has 3 aliphatic rings. The van der Waals surface area contributed by atoms with Crippen LogP contribution in [0.5, 0.6) is 5.75 Å². The van der Waals surface area contributed by atoms with Crippen molar-refractivity contribution in [1.82, 2.24) is 14.9 Å². The molecule has 2 heterocycles. The summed E-state index contributed by atoms with van der Waals surface area (Å²) in [5.74, 6) is 1.18. The number of carbonyl (C=O) groups excluding carboxylic acids is 1. The van der Waals surface area contributed by atoms with Crippen molar-refractivity contribution in [2.24, 2.45) is 0 Å². The van der Waals surface area contributed by atoms with Gasteiger partial charge in [-0.1, -0.05) is 54.8 Å². The number of phenolic OH excluding ortho intramolecular Hbond substituents is 1. The number of rotatable bonds is 3. The summed E-state index contributed by atoms with van der Waals surface area (Å²) < 4.78 is 5.64. The van der Waals surface area contributed by atoms with Crippen LogP contribution < -0.4 is 0 Å². The van der Waals surface area contributed by atoms with Gasteiger partial charge in [-0.15, -0.1) is 0 Å². The van der Waals surface area contributed by atoms with Gasteiger partial charge >= 0.3 is 6.09 Å². The van der Waals surface area contributed by atoms with E-state index in [1.807, 2.05) is 40.0 Å². The first kappa shape index (κ1) is 24.8. The highest BCUT2D eigenvalue weighted by Gasteiger charge is 2.43. The zero-order valence-corrected chi connectivity index (χ0v) is 22.8. The van der Waals surface area contributed by atoms with Gasteiger partial charge in [-0.2, -0.15) is 0 Å². The van der Waals surface area contributed by atoms with Gasteiger partial charge in [-0.3, -0.25) is 4.90 Å². The molecule has 6 nitrogen and oxygen atoms in total. The Morgan fingerprint density at radius 1 is 1.08 bits per heavy atom. The molecule has 2 aliphatic carbocycles. The van der Waals surface area contributed by atoms with Gasteiger partial charge in [0, 0.05) is 6.54 Å². The first-order valence-electron chi connectivity index (χ1n) is 13.8. The number of H-pyrrole nitrogens is 1. The molecular formula is C32H37N3O3. The predicted molar refractivity (Wildman–Crippen MR) is 149 cm³/mol. The summed E-state index contributed by atoms with van der Waals surface area (Å²) in [4.78, 5) is 22.7. The summed E-state index contributed by atoms with van der Waals surface area (Å²) in [5.41, 5.74) is 7.73. The minimum atomic E-state index is -0.552. The Kier molecular flexibility index (Phi) is 5.89. The summed E-state index contributed by atoms with van der Waals surface area (Å²) in [6, 6.07) is 12.3. The molecular weight excluding hydrogens is 474 g/mol. The van der Waals surface area contributed by atoms with E-state index < -0.39 is 5.60 Å². The van der Waals surface area contributed by atoms with Gasteiger partial charge in [-0.05, 0) is 92.7 Å². The van der Waals surface area contributed by atoms with Crippen LogP contribution >= 0.6 is 0 Å². The second-order valence-electron chi connectivity index (χ2n) is 12.3. The maximum absolute atomic E-state index is 12.8. The van der Waals surface area contributed by atoms with E-state index in [4.69, 9.17) is 4.74 Å². The molecule has 0 saturated heterocycles. The number of phenols is 1. The number of benzene rings is 2. The number of nitrogens with zero attached hydrogens (tertiary/aromatic N) is 2. The van der Waals surface area contributed by atoms with E-state index in [0.717, 1.165) is 41.1 Å². The molecule has 1 aromatic heterocycles. The normalized spacial score (nSPS) is 20.2. The van der Waals surface area contributed by atoms with Crippen LogP contribution in [0.2, 0.25) is 0 Å². The second kappa shape index (κ2) is 9.04. The molecule has 0 radical (unpaired) electrons. The van der Waals surface area contributed by atoms with Crippen molar-refractivity contribution < 1.29 is 14.6 Å². The number of aromatic nitrogens is 2. The summed E-state index contributed by atoms with van der Waals surface area (Å²) in [6.07, 6.45) is 10.7. The van der Waals surface area contributed by atoms with Gasteiger partial charge in [0.2, 0.25) is 0 Å². The SMILES string of the molecule is CC1=C[C@@H](c2ncc(-c3ccc(-c4ccc(O)c5c4C4(CCCC4)CC5)cc3)[nH]2)N(C(=O)OC(C)(C)C)C1. The van der Waals surface area contributed by atoms with E-state index in [0.29, 0.717) is 12.3 Å². The van der Waals surface area contributed by atoms with Gasteiger partial charge in [0.25, 0.3) is 0 Å². The van der Waals surface area contributed by atoms with Crippen molar-refractivity contribution in [3.63, 3.8) is 0 Å². The number of fused-ring (bicyclic) bond motifs is 2. The number of aromatic amines is 1. The monoisotopic (exact) mass is 511 g/mol. The summed E-state index contributed by atoms with van der Waals surface area (Å²) in [7, 11) is 0. The van der Waals surface area contributed by atoms with Crippen molar-refractivity contribution >= 4 is 6.09 Å². The highest BCUT2D eigenvalue weighted by Crippen LogP contribution is 2.55. The quantitative estimate of drug-likeness (QED) is 0.358. The lowest BCUT2D eigenvalue weighted by Gasteiger charge is -2.27. The summed E-state index contributed by atoms with van der Waals surface area (Å²) in [5, 5.41) is 10.6. The van der Waals surface area contributed by atoms with Crippen molar-refractivity contribution in [1.29, 1.82) is 0 Å². The Labute approximate surface area is 224 Å². The highest BCUT2D eigenvalue weighted by atomic mass is 16.6. The summed E-state index contributed by atoms with van der Waals surface area (Å²) in [6.45, 7) is 8.19. The van der Waals surface area contributed by atoms with Gasteiger partial charge < -0.3 is 14.8 Å². The molecule has 1 amide bonds. The zero-order chi connectivity index (χ0) is 26.7. The Morgan fingerprint density at radius 3 is 2.50 bits per heavy atom. The van der Waals surface area contributed by atoms with Gasteiger partial charge in [0.1, 0.15) is 23.2 Å². The maximum Gasteiger partial charge on any atom is 0.411 e. The van der Waals surface area contributed by atoms with Gasteiger partial charge in [0.05, 0.1) is 11.9 Å². The Bertz CT molecular complexity index is 1400. The number of nitrogens with one attached hydrogen (secondary N) is 1. The van der Waals surface area contributed by atoms with E-state index in [2.05, 4.69) is 46.4 Å². The molecule has 1 atom stereocenters. The van der Waals surface area contributed by atoms with Gasteiger partial charge in [0.15, 0.2) is 0 Å². The number of carbonyl (C=O) groups is 1. The third-order valence-electron chi connectivity index (χ3n) is 8.44. The lowest BCUT2D eigenvalue weighted by Crippen LogP contribution is -2.37. The van der Waals surface area contributed by atoms with Crippen LogP contribution in [0, 0.1) is 0 Å². The molecule has 1 spiro atoms. The average Bonchev–Trinajstić information content (AvgIpc) is 3.67. The molecule has 198 valence electrons. The minimum absolute atomic E-state index is 0.229. The molecule has 0 unspecified atom stereocenters. The number of ether oxygens (including phenoxy) is 1. The number of hydrogen-bond acceptors (Lipinski definition) is 4. The maximum atomic E-state index is 12.8. The van der Waals surface area contributed by atoms with E-state index in [9.17, 15) is 9.90 Å². The first-order valence-corrected chi connectivity index (χ1v) is 13.8. The zero-order valence-electron chi connectivity index (χ0n) is 22.8. The Morgan fingerprint density at radius 2 is 1.79 bits per heavy atom. The number of aromatic hydroxyl groups is 1. The second-order valence-corrected chi connectivity index (χ2v) is 12.3. The molecule has 0 bridgehead atoms. The fraction of sp³-hybridized carbons (Fsp3) is 0.438. The van der Waals surface area contributed by atoms with E-state index >= 15 is 0 Å². The van der Waals surface area contributed by atoms with Crippen LogP contribution in [-0.2, 0) is 16.6 Å². The molecule has 6 heteroatoms. The van der Waals surface area contributed by atoms with Crippen molar-refractivity contribution in [2.75, 3.05) is 6.54 Å². The molecule has 1 fully saturated rings.